The molecule has 1 N–H and O–H groups in total. The van der Waals surface area contributed by atoms with E-state index in [1.807, 2.05) is 48.5 Å². The minimum absolute atomic E-state index is 0.0214. The molecule has 0 aromatic heterocycles. The van der Waals surface area contributed by atoms with Gasteiger partial charge in [-0.3, -0.25) is 0 Å². The number of rotatable bonds is 8. The summed E-state index contributed by atoms with van der Waals surface area (Å²) in [5, 5.41) is 0. The molecule has 1 saturated heterocycles. The summed E-state index contributed by atoms with van der Waals surface area (Å²) in [4.78, 5) is 10.7. The maximum Gasteiger partial charge on any atom is 0.458 e. The Morgan fingerprint density at radius 3 is 2.19 bits per heavy atom. The fourth-order valence-electron chi connectivity index (χ4n) is 4.10. The SMILES string of the molecule is COc1ccc(OCC2CN(P(=O)(O)Oc3ccccc3)CCC2c2ccccc2)cc1. The zero-order valence-electron chi connectivity index (χ0n) is 18.0. The molecule has 3 aromatic rings. The largest absolute Gasteiger partial charge is 0.497 e. The molecular formula is C25H28NO5P. The number of nitrogens with zero attached hydrogens (tertiary/aromatic N) is 1. The smallest absolute Gasteiger partial charge is 0.458 e. The van der Waals surface area contributed by atoms with Crippen LogP contribution in [0.4, 0.5) is 0 Å². The van der Waals surface area contributed by atoms with Gasteiger partial charge in [-0.25, -0.2) is 4.57 Å². The van der Waals surface area contributed by atoms with Gasteiger partial charge in [0.2, 0.25) is 0 Å². The van der Waals surface area contributed by atoms with E-state index < -0.39 is 7.75 Å². The van der Waals surface area contributed by atoms with Crippen molar-refractivity contribution in [3.63, 3.8) is 0 Å². The van der Waals surface area contributed by atoms with Crippen LogP contribution < -0.4 is 14.0 Å². The molecule has 0 radical (unpaired) electrons. The highest BCUT2D eigenvalue weighted by atomic mass is 31.2. The van der Waals surface area contributed by atoms with Crippen LogP contribution in [0.25, 0.3) is 0 Å². The average molecular weight is 453 g/mol. The molecule has 3 aromatic carbocycles. The Kier molecular flexibility index (Phi) is 7.15. The topological polar surface area (TPSA) is 68.2 Å². The Bertz CT molecular complexity index is 1030. The van der Waals surface area contributed by atoms with Crippen molar-refractivity contribution < 1.29 is 23.5 Å². The maximum absolute atomic E-state index is 13.1. The van der Waals surface area contributed by atoms with Gasteiger partial charge >= 0.3 is 7.75 Å². The predicted octanol–water partition coefficient (Wildman–Crippen LogP) is 5.36. The van der Waals surface area contributed by atoms with Gasteiger partial charge in [-0.05, 0) is 54.3 Å². The van der Waals surface area contributed by atoms with Crippen molar-refractivity contribution in [3.8, 4) is 17.2 Å². The van der Waals surface area contributed by atoms with E-state index >= 15 is 0 Å². The van der Waals surface area contributed by atoms with Gasteiger partial charge in [0, 0.05) is 19.0 Å². The van der Waals surface area contributed by atoms with E-state index in [0.717, 1.165) is 17.9 Å². The summed E-state index contributed by atoms with van der Waals surface area (Å²) in [6, 6.07) is 26.5. The highest BCUT2D eigenvalue weighted by Gasteiger charge is 2.40. The molecule has 4 rings (SSSR count). The molecule has 0 amide bonds. The van der Waals surface area contributed by atoms with Gasteiger partial charge in [-0.2, -0.15) is 4.67 Å². The van der Waals surface area contributed by atoms with Crippen molar-refractivity contribution in [1.29, 1.82) is 0 Å². The van der Waals surface area contributed by atoms with Crippen LogP contribution in [0.5, 0.6) is 17.2 Å². The minimum Gasteiger partial charge on any atom is -0.497 e. The Morgan fingerprint density at radius 2 is 1.53 bits per heavy atom. The molecule has 0 saturated carbocycles. The summed E-state index contributed by atoms with van der Waals surface area (Å²) in [5.41, 5.74) is 1.22. The fraction of sp³-hybridized carbons (Fsp3) is 0.280. The number of methoxy groups -OCH3 is 1. The van der Waals surface area contributed by atoms with Crippen LogP contribution >= 0.6 is 7.75 Å². The Balaban J connectivity index is 1.50. The van der Waals surface area contributed by atoms with E-state index in [2.05, 4.69) is 12.1 Å². The van der Waals surface area contributed by atoms with Gasteiger partial charge < -0.3 is 18.9 Å². The number of piperidine rings is 1. The van der Waals surface area contributed by atoms with Crippen molar-refractivity contribution in [2.45, 2.75) is 12.3 Å². The van der Waals surface area contributed by atoms with Crippen LogP contribution in [-0.2, 0) is 4.57 Å². The molecule has 3 atom stereocenters. The number of benzene rings is 3. The lowest BCUT2D eigenvalue weighted by molar-refractivity contribution is 0.139. The minimum atomic E-state index is -3.99. The quantitative estimate of drug-likeness (QED) is 0.463. The summed E-state index contributed by atoms with van der Waals surface area (Å²) in [7, 11) is -2.36. The van der Waals surface area contributed by atoms with Crippen molar-refractivity contribution in [1.82, 2.24) is 4.67 Å². The molecule has 0 bridgehead atoms. The lowest BCUT2D eigenvalue weighted by Gasteiger charge is -2.39. The lowest BCUT2D eigenvalue weighted by atomic mass is 9.81. The molecule has 0 spiro atoms. The Labute approximate surface area is 189 Å². The number of para-hydroxylation sites is 1. The maximum atomic E-state index is 13.1. The van der Waals surface area contributed by atoms with Crippen molar-refractivity contribution in [2.24, 2.45) is 5.92 Å². The van der Waals surface area contributed by atoms with Gasteiger partial charge in [0.1, 0.15) is 17.2 Å². The van der Waals surface area contributed by atoms with Crippen LogP contribution in [0.15, 0.2) is 84.9 Å². The summed E-state index contributed by atoms with van der Waals surface area (Å²) >= 11 is 0. The van der Waals surface area contributed by atoms with Crippen molar-refractivity contribution in [3.05, 3.63) is 90.5 Å². The standard InChI is InChI=1S/C25H28NO5P/c1-29-22-12-14-23(15-13-22)30-19-21-18-26(17-16-25(21)20-8-4-2-5-9-20)32(27,28)31-24-10-6-3-7-11-24/h2-15,21,25H,16-19H2,1H3,(H,27,28). The summed E-state index contributed by atoms with van der Waals surface area (Å²) < 4.78 is 31.4. The molecule has 7 heteroatoms. The third-order valence-electron chi connectivity index (χ3n) is 5.79. The highest BCUT2D eigenvalue weighted by molar-refractivity contribution is 7.50. The average Bonchev–Trinajstić information content (AvgIpc) is 2.84. The first-order valence-electron chi connectivity index (χ1n) is 10.7. The molecular weight excluding hydrogens is 425 g/mol. The van der Waals surface area contributed by atoms with Gasteiger partial charge in [-0.15, -0.1) is 0 Å². The van der Waals surface area contributed by atoms with Crippen molar-refractivity contribution in [2.75, 3.05) is 26.8 Å². The molecule has 6 nitrogen and oxygen atoms in total. The van der Waals surface area contributed by atoms with E-state index in [1.54, 1.807) is 36.0 Å². The van der Waals surface area contributed by atoms with Crippen molar-refractivity contribution >= 4 is 7.75 Å². The Hall–Kier alpha value is -2.79. The number of ether oxygens (including phenoxy) is 2. The molecule has 3 unspecified atom stereocenters. The summed E-state index contributed by atoms with van der Waals surface area (Å²) in [5.74, 6) is 2.13. The summed E-state index contributed by atoms with van der Waals surface area (Å²) in [6.45, 7) is 1.29. The fourth-order valence-corrected chi connectivity index (χ4v) is 5.40. The zero-order valence-corrected chi connectivity index (χ0v) is 18.9. The molecule has 168 valence electrons. The first-order valence-corrected chi connectivity index (χ1v) is 12.2. The highest BCUT2D eigenvalue weighted by Crippen LogP contribution is 2.50. The van der Waals surface area contributed by atoms with E-state index in [9.17, 15) is 9.46 Å². The van der Waals surface area contributed by atoms with Gasteiger partial charge in [0.05, 0.1) is 13.7 Å². The predicted molar refractivity (Wildman–Crippen MR) is 124 cm³/mol. The van der Waals surface area contributed by atoms with Gasteiger partial charge in [0.15, 0.2) is 0 Å². The van der Waals surface area contributed by atoms with E-state index in [4.69, 9.17) is 14.0 Å². The first-order chi connectivity index (χ1) is 15.5. The molecule has 1 heterocycles. The molecule has 1 aliphatic rings. The van der Waals surface area contributed by atoms with E-state index in [-0.39, 0.29) is 11.8 Å². The number of hydrogen-bond acceptors (Lipinski definition) is 4. The molecule has 32 heavy (non-hydrogen) atoms. The summed E-state index contributed by atoms with van der Waals surface area (Å²) in [6.07, 6.45) is 0.739. The van der Waals surface area contributed by atoms with Gasteiger partial charge in [-0.1, -0.05) is 48.5 Å². The van der Waals surface area contributed by atoms with E-state index in [0.29, 0.717) is 25.4 Å². The van der Waals surface area contributed by atoms with Gasteiger partial charge in [0.25, 0.3) is 0 Å². The van der Waals surface area contributed by atoms with Crippen LogP contribution in [-0.4, -0.2) is 36.4 Å². The lowest BCUT2D eigenvalue weighted by Crippen LogP contribution is -2.41. The second-order valence-corrected chi connectivity index (χ2v) is 9.59. The first kappa shape index (κ1) is 22.4. The molecule has 1 fully saturated rings. The zero-order chi connectivity index (χ0) is 22.4. The molecule has 0 aliphatic carbocycles. The van der Waals surface area contributed by atoms with Crippen LogP contribution in [0, 0.1) is 5.92 Å². The third-order valence-corrected chi connectivity index (χ3v) is 7.32. The van der Waals surface area contributed by atoms with Crippen LogP contribution in [0.1, 0.15) is 17.9 Å². The molecule has 1 aliphatic heterocycles. The van der Waals surface area contributed by atoms with E-state index in [1.165, 1.54) is 5.56 Å². The second kappa shape index (κ2) is 10.2. The third kappa shape index (κ3) is 5.52. The second-order valence-electron chi connectivity index (χ2n) is 7.86. The number of hydrogen-bond donors (Lipinski definition) is 1. The van der Waals surface area contributed by atoms with Crippen LogP contribution in [0.3, 0.4) is 0 Å². The normalized spacial score (nSPS) is 20.8. The monoisotopic (exact) mass is 453 g/mol. The van der Waals surface area contributed by atoms with Crippen LogP contribution in [0.2, 0.25) is 0 Å². The Morgan fingerprint density at radius 1 is 0.906 bits per heavy atom.